The number of aromatic hydroxyl groups is 1. The van der Waals surface area contributed by atoms with E-state index in [-0.39, 0.29) is 102 Å². The average Bonchev–Trinajstić information content (AvgIpc) is 2.89. The molecular formula is C22H18KN2NaO16S5+2. The van der Waals surface area contributed by atoms with Crippen LogP contribution in [0.2, 0.25) is 0 Å². The van der Waals surface area contributed by atoms with E-state index >= 15 is 0 Å². The van der Waals surface area contributed by atoms with Gasteiger partial charge in [0.05, 0.1) is 22.2 Å². The smallest absolute Gasteiger partial charge is 0.505 e. The van der Waals surface area contributed by atoms with Crippen LogP contribution >= 0.6 is 0 Å². The first-order valence-corrected chi connectivity index (χ1v) is 18.9. The number of rotatable bonds is 10. The van der Waals surface area contributed by atoms with Crippen molar-refractivity contribution >= 4 is 83.5 Å². The van der Waals surface area contributed by atoms with Gasteiger partial charge in [-0.2, -0.15) is 33.7 Å². The molecule has 0 bridgehead atoms. The van der Waals surface area contributed by atoms with Crippen molar-refractivity contribution < 1.29 is 151 Å². The fourth-order valence-corrected chi connectivity index (χ4v) is 7.60. The van der Waals surface area contributed by atoms with Crippen LogP contribution in [0.3, 0.4) is 0 Å². The number of azo groups is 1. The van der Waals surface area contributed by atoms with E-state index in [2.05, 4.69) is 14.4 Å². The van der Waals surface area contributed by atoms with Crippen LogP contribution in [0, 0.1) is 0 Å². The number of phenols is 1. The third kappa shape index (κ3) is 10.0. The van der Waals surface area contributed by atoms with E-state index in [9.17, 15) is 60.9 Å². The van der Waals surface area contributed by atoms with Gasteiger partial charge in [0, 0.05) is 10.8 Å². The molecule has 5 N–H and O–H groups in total. The van der Waals surface area contributed by atoms with Crippen molar-refractivity contribution in [1.82, 2.24) is 0 Å². The topological polar surface area (TPSA) is 306 Å². The Balaban J connectivity index is 0.00000384. The van der Waals surface area contributed by atoms with E-state index in [1.807, 2.05) is 0 Å². The van der Waals surface area contributed by atoms with E-state index in [0.29, 0.717) is 6.07 Å². The molecule has 0 fully saturated rings. The molecule has 0 saturated heterocycles. The number of nitrogens with zero attached hydrogens (tertiary/aromatic N) is 2. The molecular weight excluding hydrogens is 771 g/mol. The Hall–Kier alpha value is -1.01. The van der Waals surface area contributed by atoms with Crippen molar-refractivity contribution in [2.75, 3.05) is 12.4 Å². The summed E-state index contributed by atoms with van der Waals surface area (Å²) in [6.45, 7) is -0.941. The molecule has 0 aromatic heterocycles. The number of phenolic OH excluding ortho intramolecular Hbond substituents is 1. The molecule has 242 valence electrons. The second-order valence-corrected chi connectivity index (χ2v) is 16.3. The van der Waals surface area contributed by atoms with Gasteiger partial charge in [-0.3, -0.25) is 18.2 Å². The largest absolute Gasteiger partial charge is 1.00 e. The van der Waals surface area contributed by atoms with Crippen LogP contribution in [0.1, 0.15) is 0 Å². The predicted molar refractivity (Wildman–Crippen MR) is 153 cm³/mol. The fourth-order valence-electron chi connectivity index (χ4n) is 4.07. The zero-order valence-electron chi connectivity index (χ0n) is 23.8. The Labute approximate surface area is 332 Å². The van der Waals surface area contributed by atoms with Crippen LogP contribution in [-0.2, 0) is 54.8 Å². The molecule has 0 aliphatic rings. The van der Waals surface area contributed by atoms with Gasteiger partial charge in [0.15, 0.2) is 15.6 Å². The van der Waals surface area contributed by atoms with Crippen molar-refractivity contribution in [3.8, 4) is 5.75 Å². The fraction of sp³-hybridized carbons (Fsp3) is 0.0909. The molecule has 0 spiro atoms. The SMILES string of the molecule is O=S(=O)(O)OCCS(=O)(=O)c1ccc2c(S(=O)(=O)O)c(N=Nc3c(S(=O)(=O)O)cc4cc(S(=O)(=O)O)ccc4c3O)ccc2c1.[K+].[Na+]. The molecule has 0 saturated carbocycles. The van der Waals surface area contributed by atoms with Crippen LogP contribution in [0.15, 0.2) is 84.4 Å². The minimum Gasteiger partial charge on any atom is -0.505 e. The van der Waals surface area contributed by atoms with Crippen molar-refractivity contribution in [2.45, 2.75) is 19.6 Å². The molecule has 4 aromatic carbocycles. The quantitative estimate of drug-likeness (QED) is 0.0590. The Bertz CT molecular complexity index is 2490. The Morgan fingerprint density at radius 1 is 0.638 bits per heavy atom. The molecule has 0 unspecified atom stereocenters. The summed E-state index contributed by atoms with van der Waals surface area (Å²) in [6, 6.07) is 8.21. The van der Waals surface area contributed by atoms with Crippen LogP contribution < -0.4 is 80.9 Å². The van der Waals surface area contributed by atoms with Gasteiger partial charge in [-0.1, -0.05) is 12.1 Å². The van der Waals surface area contributed by atoms with Gasteiger partial charge in [0.1, 0.15) is 21.2 Å². The van der Waals surface area contributed by atoms with Gasteiger partial charge in [-0.05, 0) is 53.2 Å². The molecule has 4 rings (SSSR count). The first-order chi connectivity index (χ1) is 20.5. The molecule has 4 aromatic rings. The van der Waals surface area contributed by atoms with Crippen LogP contribution in [0.5, 0.6) is 5.75 Å². The number of hydrogen-bond donors (Lipinski definition) is 5. The van der Waals surface area contributed by atoms with Crippen molar-refractivity contribution in [1.29, 1.82) is 0 Å². The molecule has 47 heavy (non-hydrogen) atoms. The van der Waals surface area contributed by atoms with E-state index in [1.165, 1.54) is 0 Å². The molecule has 0 heterocycles. The third-order valence-corrected chi connectivity index (χ3v) is 10.8. The summed E-state index contributed by atoms with van der Waals surface area (Å²) in [4.78, 5) is -3.15. The number of hydrogen-bond acceptors (Lipinski definition) is 14. The van der Waals surface area contributed by atoms with Gasteiger partial charge in [-0.25, -0.2) is 12.6 Å². The normalized spacial score (nSPS) is 13.0. The Kier molecular flexibility index (Phi) is 13.5. The predicted octanol–water partition coefficient (Wildman–Crippen LogP) is -3.54. The maximum absolute atomic E-state index is 12.6. The zero-order chi connectivity index (χ0) is 33.8. The van der Waals surface area contributed by atoms with Gasteiger partial charge < -0.3 is 5.11 Å². The Morgan fingerprint density at radius 2 is 1.21 bits per heavy atom. The first kappa shape index (κ1) is 42.2. The first-order valence-electron chi connectivity index (χ1n) is 11.5. The molecule has 18 nitrogen and oxygen atoms in total. The second-order valence-electron chi connectivity index (χ2n) is 8.95. The summed E-state index contributed by atoms with van der Waals surface area (Å²) in [5.74, 6) is -1.87. The average molecular weight is 789 g/mol. The van der Waals surface area contributed by atoms with Crippen molar-refractivity contribution in [2.24, 2.45) is 10.2 Å². The van der Waals surface area contributed by atoms with Gasteiger partial charge in [-0.15, -0.1) is 10.2 Å². The zero-order valence-corrected chi connectivity index (χ0v) is 33.0. The minimum atomic E-state index is -5.21. The summed E-state index contributed by atoms with van der Waals surface area (Å²) in [6.07, 6.45) is 0. The summed E-state index contributed by atoms with van der Waals surface area (Å²) in [5, 5.41) is 17.0. The van der Waals surface area contributed by atoms with E-state index in [0.717, 1.165) is 48.5 Å². The Morgan fingerprint density at radius 3 is 1.77 bits per heavy atom. The minimum absolute atomic E-state index is 0. The number of sulfone groups is 1. The number of benzene rings is 4. The molecule has 0 atom stereocenters. The van der Waals surface area contributed by atoms with E-state index in [1.54, 1.807) is 0 Å². The molecule has 0 amide bonds. The molecule has 25 heteroatoms. The van der Waals surface area contributed by atoms with Gasteiger partial charge >= 0.3 is 91.3 Å². The monoisotopic (exact) mass is 788 g/mol. The van der Waals surface area contributed by atoms with Crippen molar-refractivity contribution in [3.63, 3.8) is 0 Å². The van der Waals surface area contributed by atoms with Crippen molar-refractivity contribution in [3.05, 3.63) is 54.6 Å². The molecule has 0 aliphatic carbocycles. The van der Waals surface area contributed by atoms with Crippen LogP contribution in [-0.4, -0.2) is 77.8 Å². The third-order valence-electron chi connectivity index (χ3n) is 5.98. The van der Waals surface area contributed by atoms with Gasteiger partial charge in [0.25, 0.3) is 30.4 Å². The maximum Gasteiger partial charge on any atom is 1.00 e. The summed E-state index contributed by atoms with van der Waals surface area (Å²) in [7, 11) is -24.3. The van der Waals surface area contributed by atoms with Gasteiger partial charge in [0.2, 0.25) is 0 Å². The van der Waals surface area contributed by atoms with Crippen LogP contribution in [0.25, 0.3) is 21.5 Å². The van der Waals surface area contributed by atoms with E-state index < -0.39 is 99.7 Å². The number of fused-ring (bicyclic) bond motifs is 2. The maximum atomic E-state index is 12.6. The summed E-state index contributed by atoms with van der Waals surface area (Å²) < 4.78 is 160. The molecule has 0 aliphatic heterocycles. The second kappa shape index (κ2) is 15.1. The summed E-state index contributed by atoms with van der Waals surface area (Å²) >= 11 is 0. The summed E-state index contributed by atoms with van der Waals surface area (Å²) in [5.41, 5.74) is -1.58. The van der Waals surface area contributed by atoms with E-state index in [4.69, 9.17) is 4.55 Å². The standard InChI is InChI=1S/C22H18N2O16S5.K.Na/c25-21-16-4-3-15(42(28,29)30)10-13(16)11-19(43(31,32)33)20(21)24-23-18-6-1-12-9-14(2-5-17(12)22(18)44(34,35)36)41(26,27)8-7-40-45(37,38)39;;/h1-6,9-11,25H,7-8H2,(H,28,29,30)(H,31,32,33)(H,34,35,36)(H,37,38,39);;/q;2*+1. The molecule has 0 radical (unpaired) electrons. The van der Waals surface area contributed by atoms with Crippen LogP contribution in [0.4, 0.5) is 11.4 Å².